The molecule has 0 radical (unpaired) electrons. The number of carbonyl (C=O) groups excluding carboxylic acids is 1. The molecule has 1 aliphatic heterocycles. The number of carbonyl (C=O) groups is 1. The fourth-order valence-corrected chi connectivity index (χ4v) is 2.70. The molecule has 0 saturated carbocycles. The molecule has 5 nitrogen and oxygen atoms in total. The summed E-state index contributed by atoms with van der Waals surface area (Å²) in [5, 5.41) is 9.03. The van der Waals surface area contributed by atoms with Crippen LogP contribution in [0.15, 0.2) is 18.2 Å². The van der Waals surface area contributed by atoms with Crippen LogP contribution in [0.2, 0.25) is 0 Å². The molecular weight excluding hydrogens is 266 g/mol. The molecular formula is C16H25N3O2. The van der Waals surface area contributed by atoms with Gasteiger partial charge in [-0.05, 0) is 31.9 Å². The number of hydrogen-bond donors (Lipinski definition) is 1. The maximum atomic E-state index is 12.4. The van der Waals surface area contributed by atoms with Gasteiger partial charge in [0.25, 0.3) is 5.91 Å². The molecule has 2 heterocycles. The first-order valence-corrected chi connectivity index (χ1v) is 7.88. The van der Waals surface area contributed by atoms with E-state index in [1.54, 1.807) is 11.0 Å². The van der Waals surface area contributed by atoms with Crippen LogP contribution in [0.25, 0.3) is 0 Å². The number of likely N-dealkylation sites (N-methyl/N-ethyl adjacent to an activating group) is 1. The van der Waals surface area contributed by atoms with Crippen LogP contribution in [0.5, 0.6) is 0 Å². The Labute approximate surface area is 126 Å². The van der Waals surface area contributed by atoms with Gasteiger partial charge in [0, 0.05) is 26.2 Å². The minimum absolute atomic E-state index is 0.0224. The lowest BCUT2D eigenvalue weighted by atomic mass is 10.2. The minimum atomic E-state index is -0.108. The van der Waals surface area contributed by atoms with E-state index in [-0.39, 0.29) is 12.5 Å². The van der Waals surface area contributed by atoms with Crippen LogP contribution in [-0.4, -0.2) is 53.7 Å². The molecule has 0 bridgehead atoms. The zero-order chi connectivity index (χ0) is 15.1. The Bertz CT molecular complexity index is 457. The van der Waals surface area contributed by atoms with Crippen molar-refractivity contribution in [3.05, 3.63) is 23.9 Å². The summed E-state index contributed by atoms with van der Waals surface area (Å²) in [6.07, 6.45) is 4.92. The molecule has 1 fully saturated rings. The standard InChI is InChI=1S/C16H25N3O2/c1-2-18(12-13-20)16(21)14-8-7-9-15(17-14)19-10-5-3-4-6-11-19/h7-9,20H,2-6,10-13H2,1H3. The van der Waals surface area contributed by atoms with E-state index in [4.69, 9.17) is 5.11 Å². The third-order valence-corrected chi connectivity index (χ3v) is 3.92. The maximum absolute atomic E-state index is 12.4. The molecule has 1 aliphatic rings. The normalized spacial score (nSPS) is 15.6. The maximum Gasteiger partial charge on any atom is 0.272 e. The number of aromatic nitrogens is 1. The molecule has 1 amide bonds. The lowest BCUT2D eigenvalue weighted by Gasteiger charge is -2.23. The first-order chi connectivity index (χ1) is 10.3. The number of aliphatic hydroxyl groups excluding tert-OH is 1. The number of rotatable bonds is 5. The Kier molecular flexibility index (Phi) is 5.99. The Morgan fingerprint density at radius 2 is 2.00 bits per heavy atom. The van der Waals surface area contributed by atoms with E-state index in [0.29, 0.717) is 18.8 Å². The lowest BCUT2D eigenvalue weighted by molar-refractivity contribution is 0.0726. The van der Waals surface area contributed by atoms with E-state index in [1.165, 1.54) is 25.7 Å². The Morgan fingerprint density at radius 3 is 2.62 bits per heavy atom. The van der Waals surface area contributed by atoms with Gasteiger partial charge in [0.1, 0.15) is 11.5 Å². The van der Waals surface area contributed by atoms with E-state index in [1.807, 2.05) is 19.1 Å². The van der Waals surface area contributed by atoms with Crippen molar-refractivity contribution in [2.75, 3.05) is 37.7 Å². The van der Waals surface area contributed by atoms with Crippen molar-refractivity contribution >= 4 is 11.7 Å². The quantitative estimate of drug-likeness (QED) is 0.900. The average molecular weight is 291 g/mol. The summed E-state index contributed by atoms with van der Waals surface area (Å²) >= 11 is 0. The molecule has 21 heavy (non-hydrogen) atoms. The van der Waals surface area contributed by atoms with Crippen molar-refractivity contribution in [3.63, 3.8) is 0 Å². The van der Waals surface area contributed by atoms with Gasteiger partial charge in [-0.25, -0.2) is 4.98 Å². The lowest BCUT2D eigenvalue weighted by Crippen LogP contribution is -2.34. The van der Waals surface area contributed by atoms with Crippen molar-refractivity contribution < 1.29 is 9.90 Å². The van der Waals surface area contributed by atoms with Gasteiger partial charge in [0.2, 0.25) is 0 Å². The number of amides is 1. The topological polar surface area (TPSA) is 56.7 Å². The van der Waals surface area contributed by atoms with Gasteiger partial charge in [0.15, 0.2) is 0 Å². The summed E-state index contributed by atoms with van der Waals surface area (Å²) in [5.41, 5.74) is 0.465. The number of aliphatic hydroxyl groups is 1. The van der Waals surface area contributed by atoms with Crippen LogP contribution in [-0.2, 0) is 0 Å². The van der Waals surface area contributed by atoms with Crippen molar-refractivity contribution in [1.29, 1.82) is 0 Å². The molecule has 0 spiro atoms. The second kappa shape index (κ2) is 7.98. The monoisotopic (exact) mass is 291 g/mol. The predicted octanol–water partition coefficient (Wildman–Crippen LogP) is 1.92. The minimum Gasteiger partial charge on any atom is -0.395 e. The second-order valence-corrected chi connectivity index (χ2v) is 5.39. The van der Waals surface area contributed by atoms with Crippen molar-refractivity contribution in [3.8, 4) is 0 Å². The third kappa shape index (κ3) is 4.17. The molecule has 1 aromatic heterocycles. The first-order valence-electron chi connectivity index (χ1n) is 7.88. The predicted molar refractivity (Wildman–Crippen MR) is 83.6 cm³/mol. The molecule has 1 saturated heterocycles. The number of hydrogen-bond acceptors (Lipinski definition) is 4. The molecule has 1 aromatic rings. The summed E-state index contributed by atoms with van der Waals surface area (Å²) in [7, 11) is 0. The number of anilines is 1. The Balaban J connectivity index is 2.14. The van der Waals surface area contributed by atoms with Gasteiger partial charge >= 0.3 is 0 Å². The number of nitrogens with zero attached hydrogens (tertiary/aromatic N) is 3. The van der Waals surface area contributed by atoms with Gasteiger partial charge < -0.3 is 14.9 Å². The van der Waals surface area contributed by atoms with Gasteiger partial charge in [0.05, 0.1) is 6.61 Å². The van der Waals surface area contributed by atoms with E-state index in [2.05, 4.69) is 9.88 Å². The number of pyridine rings is 1. The molecule has 0 aromatic carbocycles. The largest absolute Gasteiger partial charge is 0.395 e. The third-order valence-electron chi connectivity index (χ3n) is 3.92. The van der Waals surface area contributed by atoms with Gasteiger partial charge in [-0.15, -0.1) is 0 Å². The highest BCUT2D eigenvalue weighted by atomic mass is 16.3. The SMILES string of the molecule is CCN(CCO)C(=O)c1cccc(N2CCCCCC2)n1. The summed E-state index contributed by atoms with van der Waals surface area (Å²) in [6.45, 7) is 4.84. The van der Waals surface area contributed by atoms with Gasteiger partial charge in [-0.3, -0.25) is 4.79 Å². The molecule has 116 valence electrons. The summed E-state index contributed by atoms with van der Waals surface area (Å²) in [5.74, 6) is 0.783. The Morgan fingerprint density at radius 1 is 1.29 bits per heavy atom. The van der Waals surface area contributed by atoms with Crippen LogP contribution in [0, 0.1) is 0 Å². The summed E-state index contributed by atoms with van der Waals surface area (Å²) in [4.78, 5) is 20.8. The zero-order valence-corrected chi connectivity index (χ0v) is 12.8. The van der Waals surface area contributed by atoms with E-state index in [9.17, 15) is 4.79 Å². The Hall–Kier alpha value is -1.62. The summed E-state index contributed by atoms with van der Waals surface area (Å²) < 4.78 is 0. The average Bonchev–Trinajstić information content (AvgIpc) is 2.81. The van der Waals surface area contributed by atoms with E-state index in [0.717, 1.165) is 18.9 Å². The van der Waals surface area contributed by atoms with E-state index >= 15 is 0 Å². The van der Waals surface area contributed by atoms with Crippen molar-refractivity contribution in [2.45, 2.75) is 32.6 Å². The molecule has 0 unspecified atom stereocenters. The highest BCUT2D eigenvalue weighted by Crippen LogP contribution is 2.18. The zero-order valence-electron chi connectivity index (χ0n) is 12.8. The van der Waals surface area contributed by atoms with Crippen molar-refractivity contribution in [1.82, 2.24) is 9.88 Å². The van der Waals surface area contributed by atoms with Crippen LogP contribution in [0.1, 0.15) is 43.1 Å². The fourth-order valence-electron chi connectivity index (χ4n) is 2.70. The fraction of sp³-hybridized carbons (Fsp3) is 0.625. The van der Waals surface area contributed by atoms with E-state index < -0.39 is 0 Å². The van der Waals surface area contributed by atoms with Gasteiger partial charge in [-0.1, -0.05) is 18.9 Å². The molecule has 1 N–H and O–H groups in total. The molecule has 0 aliphatic carbocycles. The van der Waals surface area contributed by atoms with Crippen LogP contribution >= 0.6 is 0 Å². The second-order valence-electron chi connectivity index (χ2n) is 5.39. The van der Waals surface area contributed by atoms with Crippen LogP contribution in [0.3, 0.4) is 0 Å². The first kappa shape index (κ1) is 15.8. The van der Waals surface area contributed by atoms with Crippen LogP contribution < -0.4 is 4.90 Å². The highest BCUT2D eigenvalue weighted by molar-refractivity contribution is 5.92. The van der Waals surface area contributed by atoms with Crippen LogP contribution in [0.4, 0.5) is 5.82 Å². The highest BCUT2D eigenvalue weighted by Gasteiger charge is 2.17. The van der Waals surface area contributed by atoms with Crippen molar-refractivity contribution in [2.24, 2.45) is 0 Å². The molecule has 0 atom stereocenters. The summed E-state index contributed by atoms with van der Waals surface area (Å²) in [6, 6.07) is 5.63. The molecule has 2 rings (SSSR count). The van der Waals surface area contributed by atoms with Gasteiger partial charge in [-0.2, -0.15) is 0 Å². The smallest absolute Gasteiger partial charge is 0.272 e. The molecule has 5 heteroatoms.